The van der Waals surface area contributed by atoms with Crippen LogP contribution in [0.2, 0.25) is 5.02 Å². The van der Waals surface area contributed by atoms with Crippen molar-refractivity contribution in [3.05, 3.63) is 34.9 Å². The van der Waals surface area contributed by atoms with Gasteiger partial charge in [-0.3, -0.25) is 4.79 Å². The Morgan fingerprint density at radius 1 is 1.22 bits per heavy atom. The normalized spacial score (nSPS) is 10.9. The average Bonchev–Trinajstić information content (AvgIpc) is 2.25. The lowest BCUT2D eigenvalue weighted by Gasteiger charge is -2.18. The standard InChI is InChI=1S/C13H16ClNO3/c1-13(2,3)18-12(17)11(16)15-8-9-4-6-10(14)7-5-9/h4-7H,8H2,1-3H3,(H,15,16). The highest BCUT2D eigenvalue weighted by atomic mass is 35.5. The van der Waals surface area contributed by atoms with E-state index in [9.17, 15) is 9.59 Å². The van der Waals surface area contributed by atoms with Crippen molar-refractivity contribution >= 4 is 23.5 Å². The lowest BCUT2D eigenvalue weighted by atomic mass is 10.2. The molecule has 5 heteroatoms. The largest absolute Gasteiger partial charge is 0.453 e. The van der Waals surface area contributed by atoms with Gasteiger partial charge in [0.2, 0.25) is 0 Å². The first-order chi connectivity index (χ1) is 8.28. The Kier molecular flexibility index (Phi) is 4.73. The molecule has 1 rings (SSSR count). The summed E-state index contributed by atoms with van der Waals surface area (Å²) < 4.78 is 4.93. The molecule has 0 saturated heterocycles. The predicted octanol–water partition coefficient (Wildman–Crippen LogP) is 2.30. The Balaban J connectivity index is 2.46. The zero-order chi connectivity index (χ0) is 13.8. The van der Waals surface area contributed by atoms with Crippen molar-refractivity contribution in [2.75, 3.05) is 0 Å². The van der Waals surface area contributed by atoms with Crippen LogP contribution in [-0.2, 0) is 20.9 Å². The maximum atomic E-state index is 11.4. The van der Waals surface area contributed by atoms with Gasteiger partial charge in [-0.05, 0) is 38.5 Å². The van der Waals surface area contributed by atoms with Gasteiger partial charge >= 0.3 is 11.9 Å². The van der Waals surface area contributed by atoms with Crippen LogP contribution in [0.1, 0.15) is 26.3 Å². The lowest BCUT2D eigenvalue weighted by Crippen LogP contribution is -2.36. The van der Waals surface area contributed by atoms with Crippen LogP contribution >= 0.6 is 11.6 Å². The third-order valence-corrected chi connectivity index (χ3v) is 2.20. The van der Waals surface area contributed by atoms with Crippen molar-refractivity contribution in [1.29, 1.82) is 0 Å². The highest BCUT2D eigenvalue weighted by Crippen LogP contribution is 2.09. The third kappa shape index (κ3) is 5.19. The van der Waals surface area contributed by atoms with Gasteiger partial charge in [0.05, 0.1) is 0 Å². The van der Waals surface area contributed by atoms with Crippen LogP contribution in [0, 0.1) is 0 Å². The predicted molar refractivity (Wildman–Crippen MR) is 69.1 cm³/mol. The topological polar surface area (TPSA) is 55.4 Å². The molecule has 98 valence electrons. The Hall–Kier alpha value is -1.55. The number of ether oxygens (including phenoxy) is 1. The summed E-state index contributed by atoms with van der Waals surface area (Å²) in [5.74, 6) is -1.63. The summed E-state index contributed by atoms with van der Waals surface area (Å²) in [6.07, 6.45) is 0. The molecule has 0 fully saturated rings. The van der Waals surface area contributed by atoms with Gasteiger partial charge in [0.1, 0.15) is 5.60 Å². The quantitative estimate of drug-likeness (QED) is 0.662. The minimum atomic E-state index is -0.878. The third-order valence-electron chi connectivity index (χ3n) is 1.95. The average molecular weight is 270 g/mol. The van der Waals surface area contributed by atoms with Crippen LogP contribution in [0.3, 0.4) is 0 Å². The molecule has 1 aromatic carbocycles. The smallest absolute Gasteiger partial charge is 0.397 e. The number of rotatable bonds is 2. The van der Waals surface area contributed by atoms with E-state index in [2.05, 4.69) is 5.32 Å². The van der Waals surface area contributed by atoms with Crippen molar-refractivity contribution < 1.29 is 14.3 Å². The molecule has 0 heterocycles. The molecule has 0 saturated carbocycles. The monoisotopic (exact) mass is 269 g/mol. The number of halogens is 1. The summed E-state index contributed by atoms with van der Waals surface area (Å²) in [6.45, 7) is 5.38. The van der Waals surface area contributed by atoms with Crippen molar-refractivity contribution in [2.45, 2.75) is 32.9 Å². The molecule has 0 spiro atoms. The SMILES string of the molecule is CC(C)(C)OC(=O)C(=O)NCc1ccc(Cl)cc1. The first kappa shape index (κ1) is 14.5. The van der Waals surface area contributed by atoms with E-state index in [1.54, 1.807) is 45.0 Å². The number of hydrogen-bond acceptors (Lipinski definition) is 3. The van der Waals surface area contributed by atoms with Crippen LogP contribution in [0.4, 0.5) is 0 Å². The molecule has 0 aromatic heterocycles. The van der Waals surface area contributed by atoms with Crippen molar-refractivity contribution in [2.24, 2.45) is 0 Å². The van der Waals surface area contributed by atoms with Crippen LogP contribution in [-0.4, -0.2) is 17.5 Å². The maximum absolute atomic E-state index is 11.4. The Morgan fingerprint density at radius 2 is 1.78 bits per heavy atom. The van der Waals surface area contributed by atoms with Crippen molar-refractivity contribution in [3.63, 3.8) is 0 Å². The molecule has 0 bridgehead atoms. The van der Waals surface area contributed by atoms with Gasteiger partial charge in [-0.2, -0.15) is 0 Å². The number of benzene rings is 1. The number of carbonyl (C=O) groups excluding carboxylic acids is 2. The second-order valence-electron chi connectivity index (χ2n) is 4.81. The number of nitrogens with one attached hydrogen (secondary N) is 1. The Labute approximate surface area is 111 Å². The highest BCUT2D eigenvalue weighted by molar-refractivity contribution is 6.32. The number of amides is 1. The summed E-state index contributed by atoms with van der Waals surface area (Å²) in [6, 6.07) is 6.99. The Morgan fingerprint density at radius 3 is 2.28 bits per heavy atom. The fourth-order valence-corrected chi connectivity index (χ4v) is 1.31. The fourth-order valence-electron chi connectivity index (χ4n) is 1.18. The summed E-state index contributed by atoms with van der Waals surface area (Å²) in [4.78, 5) is 22.8. The summed E-state index contributed by atoms with van der Waals surface area (Å²) in [5, 5.41) is 3.11. The number of esters is 1. The van der Waals surface area contributed by atoms with Gasteiger partial charge in [0, 0.05) is 11.6 Å². The van der Waals surface area contributed by atoms with Crippen LogP contribution in [0.15, 0.2) is 24.3 Å². The van der Waals surface area contributed by atoms with E-state index in [1.165, 1.54) is 0 Å². The minimum absolute atomic E-state index is 0.259. The molecule has 0 aliphatic carbocycles. The molecule has 0 aliphatic rings. The van der Waals surface area contributed by atoms with Gasteiger partial charge in [-0.25, -0.2) is 4.79 Å². The zero-order valence-corrected chi connectivity index (χ0v) is 11.4. The molecule has 1 amide bonds. The molecular formula is C13H16ClNO3. The summed E-state index contributed by atoms with van der Waals surface area (Å²) >= 11 is 5.74. The first-order valence-electron chi connectivity index (χ1n) is 5.53. The van der Waals surface area contributed by atoms with Crippen LogP contribution in [0.5, 0.6) is 0 Å². The second kappa shape index (κ2) is 5.87. The fraction of sp³-hybridized carbons (Fsp3) is 0.385. The van der Waals surface area contributed by atoms with E-state index in [0.29, 0.717) is 5.02 Å². The molecule has 0 radical (unpaired) electrons. The van der Waals surface area contributed by atoms with Crippen molar-refractivity contribution in [3.8, 4) is 0 Å². The number of hydrogen-bond donors (Lipinski definition) is 1. The molecular weight excluding hydrogens is 254 g/mol. The zero-order valence-electron chi connectivity index (χ0n) is 10.6. The first-order valence-corrected chi connectivity index (χ1v) is 5.91. The molecule has 0 aliphatic heterocycles. The van der Waals surface area contributed by atoms with E-state index in [0.717, 1.165) is 5.56 Å². The summed E-state index contributed by atoms with van der Waals surface area (Å²) in [7, 11) is 0. The van der Waals surface area contributed by atoms with Gasteiger partial charge in [-0.15, -0.1) is 0 Å². The highest BCUT2D eigenvalue weighted by Gasteiger charge is 2.22. The van der Waals surface area contributed by atoms with E-state index >= 15 is 0 Å². The molecule has 1 N–H and O–H groups in total. The molecule has 18 heavy (non-hydrogen) atoms. The van der Waals surface area contributed by atoms with E-state index in [4.69, 9.17) is 16.3 Å². The van der Waals surface area contributed by atoms with E-state index in [1.807, 2.05) is 0 Å². The van der Waals surface area contributed by atoms with Gasteiger partial charge < -0.3 is 10.1 Å². The van der Waals surface area contributed by atoms with E-state index < -0.39 is 17.5 Å². The number of carbonyl (C=O) groups is 2. The van der Waals surface area contributed by atoms with Crippen molar-refractivity contribution in [1.82, 2.24) is 5.32 Å². The van der Waals surface area contributed by atoms with E-state index in [-0.39, 0.29) is 6.54 Å². The van der Waals surface area contributed by atoms with Crippen LogP contribution < -0.4 is 5.32 Å². The van der Waals surface area contributed by atoms with Gasteiger partial charge in [-0.1, -0.05) is 23.7 Å². The molecule has 4 nitrogen and oxygen atoms in total. The second-order valence-corrected chi connectivity index (χ2v) is 5.25. The maximum Gasteiger partial charge on any atom is 0.397 e. The Bertz CT molecular complexity index is 435. The van der Waals surface area contributed by atoms with Crippen LogP contribution in [0.25, 0.3) is 0 Å². The minimum Gasteiger partial charge on any atom is -0.453 e. The summed E-state index contributed by atoms with van der Waals surface area (Å²) in [5.41, 5.74) is 0.186. The molecule has 1 aromatic rings. The molecule has 0 unspecified atom stereocenters. The lowest BCUT2D eigenvalue weighted by molar-refractivity contribution is -0.163. The molecule has 0 atom stereocenters. The van der Waals surface area contributed by atoms with Gasteiger partial charge in [0.25, 0.3) is 0 Å². The van der Waals surface area contributed by atoms with Gasteiger partial charge in [0.15, 0.2) is 0 Å².